The van der Waals surface area contributed by atoms with Crippen LogP contribution in [0.5, 0.6) is 0 Å². The van der Waals surface area contributed by atoms with Crippen molar-refractivity contribution in [1.82, 2.24) is 0 Å². The van der Waals surface area contributed by atoms with Crippen LogP contribution in [0.4, 0.5) is 0 Å². The van der Waals surface area contributed by atoms with Gasteiger partial charge in [0.05, 0.1) is 12.2 Å². The van der Waals surface area contributed by atoms with E-state index in [4.69, 9.17) is 4.74 Å². The van der Waals surface area contributed by atoms with Crippen molar-refractivity contribution in [3.8, 4) is 0 Å². The lowest BCUT2D eigenvalue weighted by molar-refractivity contribution is -0.0824. The molecule has 1 aliphatic rings. The molecular formula is C19H37BrO. The van der Waals surface area contributed by atoms with Gasteiger partial charge in [0, 0.05) is 5.33 Å². The average Bonchev–Trinajstić information content (AvgIpc) is 2.47. The van der Waals surface area contributed by atoms with E-state index in [0.29, 0.717) is 5.41 Å². The predicted molar refractivity (Wildman–Crippen MR) is 97.2 cm³/mol. The second-order valence-corrected chi connectivity index (χ2v) is 8.75. The minimum Gasteiger partial charge on any atom is -0.374 e. The van der Waals surface area contributed by atoms with Gasteiger partial charge in [0.25, 0.3) is 0 Å². The number of ether oxygens (including phenoxy) is 1. The highest BCUT2D eigenvalue weighted by Crippen LogP contribution is 2.43. The minimum atomic E-state index is 0.112. The standard InChI is InChI=1S/C19H37BrO/c1-6-8-9-16(7-2)14-21-19(15-20)12-10-17(11-13-19)18(3,4)5/h16-17H,6-15H2,1-5H3. The molecule has 0 amide bonds. The average molecular weight is 361 g/mol. The van der Waals surface area contributed by atoms with Crippen LogP contribution >= 0.6 is 15.9 Å². The summed E-state index contributed by atoms with van der Waals surface area (Å²) in [5.41, 5.74) is 0.562. The maximum Gasteiger partial charge on any atom is 0.0779 e. The zero-order chi connectivity index (χ0) is 15.9. The minimum absolute atomic E-state index is 0.112. The zero-order valence-corrected chi connectivity index (χ0v) is 16.6. The summed E-state index contributed by atoms with van der Waals surface area (Å²) in [5.74, 6) is 1.61. The van der Waals surface area contributed by atoms with Crippen molar-refractivity contribution in [2.24, 2.45) is 17.3 Å². The first-order chi connectivity index (χ1) is 9.87. The van der Waals surface area contributed by atoms with Gasteiger partial charge >= 0.3 is 0 Å². The van der Waals surface area contributed by atoms with Crippen molar-refractivity contribution >= 4 is 15.9 Å². The molecule has 0 saturated heterocycles. The molecule has 1 nitrogen and oxygen atoms in total. The Morgan fingerprint density at radius 2 is 1.81 bits per heavy atom. The van der Waals surface area contributed by atoms with E-state index >= 15 is 0 Å². The molecule has 0 spiro atoms. The van der Waals surface area contributed by atoms with Gasteiger partial charge in [-0.3, -0.25) is 0 Å². The van der Waals surface area contributed by atoms with E-state index in [1.54, 1.807) is 0 Å². The Balaban J connectivity index is 2.47. The maximum atomic E-state index is 6.48. The van der Waals surface area contributed by atoms with Crippen molar-refractivity contribution in [1.29, 1.82) is 0 Å². The van der Waals surface area contributed by atoms with Gasteiger partial charge in [-0.15, -0.1) is 0 Å². The fourth-order valence-corrected chi connectivity index (χ4v) is 4.24. The predicted octanol–water partition coefficient (Wildman–Crippen LogP) is 6.59. The summed E-state index contributed by atoms with van der Waals surface area (Å²) in [5, 5.41) is 1.00. The fraction of sp³-hybridized carbons (Fsp3) is 1.00. The van der Waals surface area contributed by atoms with Gasteiger partial charge in [0.2, 0.25) is 0 Å². The van der Waals surface area contributed by atoms with E-state index in [9.17, 15) is 0 Å². The van der Waals surface area contributed by atoms with Crippen LogP contribution in [-0.4, -0.2) is 17.5 Å². The van der Waals surface area contributed by atoms with Crippen LogP contribution in [0.3, 0.4) is 0 Å². The van der Waals surface area contributed by atoms with Crippen LogP contribution in [0.15, 0.2) is 0 Å². The van der Waals surface area contributed by atoms with Gasteiger partial charge in [-0.1, -0.05) is 69.8 Å². The summed E-state index contributed by atoms with van der Waals surface area (Å²) in [4.78, 5) is 0. The van der Waals surface area contributed by atoms with Crippen molar-refractivity contribution in [3.63, 3.8) is 0 Å². The first-order valence-electron chi connectivity index (χ1n) is 9.06. The normalized spacial score (nSPS) is 28.6. The second kappa shape index (κ2) is 8.91. The van der Waals surface area contributed by atoms with Crippen molar-refractivity contribution in [3.05, 3.63) is 0 Å². The molecule has 1 atom stereocenters. The monoisotopic (exact) mass is 360 g/mol. The van der Waals surface area contributed by atoms with Crippen molar-refractivity contribution in [2.75, 3.05) is 11.9 Å². The van der Waals surface area contributed by atoms with Crippen LogP contribution < -0.4 is 0 Å². The summed E-state index contributed by atoms with van der Waals surface area (Å²) in [6.45, 7) is 12.7. The second-order valence-electron chi connectivity index (χ2n) is 8.18. The lowest BCUT2D eigenvalue weighted by Gasteiger charge is -2.43. The number of hydrogen-bond acceptors (Lipinski definition) is 1. The summed E-state index contributed by atoms with van der Waals surface area (Å²) in [6.07, 6.45) is 10.3. The molecule has 0 bridgehead atoms. The number of halogens is 1. The van der Waals surface area contributed by atoms with Crippen molar-refractivity contribution in [2.45, 2.75) is 91.6 Å². The SMILES string of the molecule is CCCCC(CC)COC1(CBr)CCC(C(C)(C)C)CC1. The summed E-state index contributed by atoms with van der Waals surface area (Å²) in [6, 6.07) is 0. The van der Waals surface area contributed by atoms with Crippen LogP contribution in [0, 0.1) is 17.3 Å². The van der Waals surface area contributed by atoms with E-state index in [0.717, 1.165) is 23.8 Å². The summed E-state index contributed by atoms with van der Waals surface area (Å²) < 4.78 is 6.48. The third-order valence-corrected chi connectivity index (χ3v) is 6.56. The molecule has 0 aromatic rings. The number of unbranched alkanes of at least 4 members (excludes halogenated alkanes) is 1. The molecule has 1 fully saturated rings. The molecule has 0 aromatic heterocycles. The highest BCUT2D eigenvalue weighted by atomic mass is 79.9. The number of alkyl halides is 1. The molecule has 0 N–H and O–H groups in total. The first kappa shape index (κ1) is 19.5. The van der Waals surface area contributed by atoms with Gasteiger partial charge in [-0.2, -0.15) is 0 Å². The molecule has 1 rings (SSSR count). The van der Waals surface area contributed by atoms with Gasteiger partial charge in [0.1, 0.15) is 0 Å². The van der Waals surface area contributed by atoms with Crippen molar-refractivity contribution < 1.29 is 4.74 Å². The Labute approximate surface area is 141 Å². The molecule has 0 heterocycles. The number of hydrogen-bond donors (Lipinski definition) is 0. The molecule has 21 heavy (non-hydrogen) atoms. The molecule has 1 unspecified atom stereocenters. The molecule has 1 aliphatic carbocycles. The third-order valence-electron chi connectivity index (χ3n) is 5.53. The molecule has 0 radical (unpaired) electrons. The summed E-state index contributed by atoms with van der Waals surface area (Å²) in [7, 11) is 0. The Kier molecular flexibility index (Phi) is 8.27. The lowest BCUT2D eigenvalue weighted by atomic mass is 9.69. The Morgan fingerprint density at radius 3 is 2.24 bits per heavy atom. The quantitative estimate of drug-likeness (QED) is 0.443. The fourth-order valence-electron chi connectivity index (χ4n) is 3.52. The largest absolute Gasteiger partial charge is 0.374 e. The maximum absolute atomic E-state index is 6.48. The van der Waals surface area contributed by atoms with Gasteiger partial charge < -0.3 is 4.74 Å². The molecule has 0 aromatic carbocycles. The highest BCUT2D eigenvalue weighted by molar-refractivity contribution is 9.09. The van der Waals surface area contributed by atoms with E-state index < -0.39 is 0 Å². The van der Waals surface area contributed by atoms with E-state index in [-0.39, 0.29) is 5.60 Å². The third kappa shape index (κ3) is 6.22. The molecule has 1 saturated carbocycles. The number of rotatable bonds is 8. The molecular weight excluding hydrogens is 324 g/mol. The van der Waals surface area contributed by atoms with E-state index in [1.165, 1.54) is 51.4 Å². The van der Waals surface area contributed by atoms with Crippen LogP contribution in [0.2, 0.25) is 0 Å². The van der Waals surface area contributed by atoms with E-state index in [1.807, 2.05) is 0 Å². The molecule has 126 valence electrons. The topological polar surface area (TPSA) is 9.23 Å². The Bertz CT molecular complexity index is 274. The Hall–Kier alpha value is 0.440. The zero-order valence-electron chi connectivity index (χ0n) is 15.0. The summed E-state index contributed by atoms with van der Waals surface area (Å²) >= 11 is 3.74. The van der Waals surface area contributed by atoms with Gasteiger partial charge in [-0.05, 0) is 49.4 Å². The first-order valence-corrected chi connectivity index (χ1v) is 10.2. The van der Waals surface area contributed by atoms with Gasteiger partial charge in [0.15, 0.2) is 0 Å². The smallest absolute Gasteiger partial charge is 0.0779 e. The van der Waals surface area contributed by atoms with Crippen LogP contribution in [-0.2, 0) is 4.74 Å². The highest BCUT2D eigenvalue weighted by Gasteiger charge is 2.39. The molecule has 0 aliphatic heterocycles. The molecule has 2 heteroatoms. The van der Waals surface area contributed by atoms with Crippen LogP contribution in [0.1, 0.15) is 86.0 Å². The van der Waals surface area contributed by atoms with Gasteiger partial charge in [-0.25, -0.2) is 0 Å². The van der Waals surface area contributed by atoms with Crippen LogP contribution in [0.25, 0.3) is 0 Å². The lowest BCUT2D eigenvalue weighted by Crippen LogP contribution is -2.42. The van der Waals surface area contributed by atoms with E-state index in [2.05, 4.69) is 50.5 Å². The Morgan fingerprint density at radius 1 is 1.19 bits per heavy atom.